The molecular formula is C10H15Br. The van der Waals surface area contributed by atoms with Crippen LogP contribution < -0.4 is 0 Å². The van der Waals surface area contributed by atoms with Crippen molar-refractivity contribution in [3.8, 4) is 0 Å². The standard InChI is InChI=1S/C10H15Br/c11-9-5-4-8-10-6-2-1-3-7-10/h4-5,8-10H,1-3,6-7H2/b8-4+,9-5-. The number of rotatable bonds is 2. The molecule has 0 bridgehead atoms. The molecule has 0 aromatic heterocycles. The molecule has 1 rings (SSSR count). The zero-order valence-corrected chi connectivity index (χ0v) is 8.39. The van der Waals surface area contributed by atoms with Gasteiger partial charge in [-0.3, -0.25) is 0 Å². The highest BCUT2D eigenvalue weighted by Gasteiger charge is 2.08. The molecule has 0 amide bonds. The van der Waals surface area contributed by atoms with E-state index in [1.807, 2.05) is 11.1 Å². The second-order valence-corrected chi connectivity index (χ2v) is 3.63. The molecule has 0 aliphatic heterocycles. The van der Waals surface area contributed by atoms with Crippen LogP contribution in [-0.2, 0) is 0 Å². The van der Waals surface area contributed by atoms with Crippen LogP contribution in [0.3, 0.4) is 0 Å². The second kappa shape index (κ2) is 5.59. The molecule has 62 valence electrons. The fraction of sp³-hybridized carbons (Fsp3) is 0.600. The molecule has 0 heterocycles. The molecule has 1 saturated carbocycles. The van der Waals surface area contributed by atoms with E-state index in [0.717, 1.165) is 5.92 Å². The van der Waals surface area contributed by atoms with Crippen molar-refractivity contribution in [1.29, 1.82) is 0 Å². The Balaban J connectivity index is 2.23. The fourth-order valence-corrected chi connectivity index (χ4v) is 1.77. The third kappa shape index (κ3) is 3.76. The van der Waals surface area contributed by atoms with Crippen LogP contribution in [0.1, 0.15) is 32.1 Å². The smallest absolute Gasteiger partial charge is 0.0189 e. The molecule has 0 atom stereocenters. The van der Waals surface area contributed by atoms with Crippen molar-refractivity contribution in [3.05, 3.63) is 23.2 Å². The van der Waals surface area contributed by atoms with Gasteiger partial charge in [0.15, 0.2) is 0 Å². The third-order valence-corrected chi connectivity index (χ3v) is 2.52. The minimum Gasteiger partial charge on any atom is -0.0814 e. The van der Waals surface area contributed by atoms with Crippen LogP contribution in [-0.4, -0.2) is 0 Å². The first-order chi connectivity index (χ1) is 5.43. The zero-order chi connectivity index (χ0) is 7.94. The van der Waals surface area contributed by atoms with Gasteiger partial charge in [-0.2, -0.15) is 0 Å². The van der Waals surface area contributed by atoms with Crippen LogP contribution >= 0.6 is 15.9 Å². The van der Waals surface area contributed by atoms with Crippen LogP contribution in [0, 0.1) is 5.92 Å². The fourth-order valence-electron chi connectivity index (χ4n) is 1.59. The van der Waals surface area contributed by atoms with Crippen molar-refractivity contribution in [1.82, 2.24) is 0 Å². The predicted molar refractivity (Wildman–Crippen MR) is 53.8 cm³/mol. The minimum atomic E-state index is 0.854. The van der Waals surface area contributed by atoms with Gasteiger partial charge in [0.1, 0.15) is 0 Å². The summed E-state index contributed by atoms with van der Waals surface area (Å²) in [7, 11) is 0. The first-order valence-electron chi connectivity index (χ1n) is 4.37. The molecule has 0 spiro atoms. The summed E-state index contributed by atoms with van der Waals surface area (Å²) in [6, 6.07) is 0. The van der Waals surface area contributed by atoms with Crippen LogP contribution in [0.5, 0.6) is 0 Å². The van der Waals surface area contributed by atoms with E-state index in [2.05, 4.69) is 28.1 Å². The van der Waals surface area contributed by atoms with Crippen molar-refractivity contribution in [3.63, 3.8) is 0 Å². The molecule has 0 unspecified atom stereocenters. The van der Waals surface area contributed by atoms with Gasteiger partial charge in [0.2, 0.25) is 0 Å². The first kappa shape index (κ1) is 9.05. The summed E-state index contributed by atoms with van der Waals surface area (Å²) in [4.78, 5) is 1.90. The summed E-state index contributed by atoms with van der Waals surface area (Å²) in [5.74, 6) is 0.854. The van der Waals surface area contributed by atoms with E-state index >= 15 is 0 Å². The highest BCUT2D eigenvalue weighted by atomic mass is 79.9. The van der Waals surface area contributed by atoms with E-state index < -0.39 is 0 Å². The van der Waals surface area contributed by atoms with Crippen LogP contribution in [0.2, 0.25) is 0 Å². The first-order valence-corrected chi connectivity index (χ1v) is 5.28. The van der Waals surface area contributed by atoms with Gasteiger partial charge < -0.3 is 0 Å². The third-order valence-electron chi connectivity index (χ3n) is 2.22. The Kier molecular flexibility index (Phi) is 4.60. The molecule has 0 radical (unpaired) electrons. The molecule has 0 nitrogen and oxygen atoms in total. The highest BCUT2D eigenvalue weighted by molar-refractivity contribution is 9.11. The average Bonchev–Trinajstić information content (AvgIpc) is 2.07. The highest BCUT2D eigenvalue weighted by Crippen LogP contribution is 2.24. The topological polar surface area (TPSA) is 0 Å². The lowest BCUT2D eigenvalue weighted by Crippen LogP contribution is -2.02. The Morgan fingerprint density at radius 1 is 1.00 bits per heavy atom. The van der Waals surface area contributed by atoms with Gasteiger partial charge in [-0.25, -0.2) is 0 Å². The summed E-state index contributed by atoms with van der Waals surface area (Å²) in [5.41, 5.74) is 0. The van der Waals surface area contributed by atoms with Crippen molar-refractivity contribution in [2.45, 2.75) is 32.1 Å². The van der Waals surface area contributed by atoms with Gasteiger partial charge >= 0.3 is 0 Å². The Morgan fingerprint density at radius 2 is 1.73 bits per heavy atom. The maximum Gasteiger partial charge on any atom is -0.0189 e. The van der Waals surface area contributed by atoms with Gasteiger partial charge in [0, 0.05) is 0 Å². The summed E-state index contributed by atoms with van der Waals surface area (Å²) in [6.07, 6.45) is 13.6. The Morgan fingerprint density at radius 3 is 2.36 bits per heavy atom. The van der Waals surface area contributed by atoms with Crippen LogP contribution in [0.4, 0.5) is 0 Å². The van der Waals surface area contributed by atoms with Crippen molar-refractivity contribution in [2.24, 2.45) is 5.92 Å². The molecule has 1 aliphatic rings. The summed E-state index contributed by atoms with van der Waals surface area (Å²) in [5, 5.41) is 0. The van der Waals surface area contributed by atoms with Gasteiger partial charge in [-0.15, -0.1) is 0 Å². The lowest BCUT2D eigenvalue weighted by Gasteiger charge is -2.17. The van der Waals surface area contributed by atoms with E-state index in [-0.39, 0.29) is 0 Å². The Hall–Kier alpha value is -0.0400. The molecular weight excluding hydrogens is 200 g/mol. The molecule has 0 N–H and O–H groups in total. The Labute approximate surface area is 77.5 Å². The summed E-state index contributed by atoms with van der Waals surface area (Å²) >= 11 is 3.24. The molecule has 0 saturated heterocycles. The Bertz CT molecular complexity index is 141. The molecule has 1 fully saturated rings. The predicted octanol–water partition coefficient (Wildman–Crippen LogP) is 4.03. The van der Waals surface area contributed by atoms with Gasteiger partial charge in [-0.05, 0) is 23.7 Å². The van der Waals surface area contributed by atoms with Gasteiger partial charge in [0.05, 0.1) is 0 Å². The number of halogens is 1. The quantitative estimate of drug-likeness (QED) is 0.610. The van der Waals surface area contributed by atoms with E-state index in [1.165, 1.54) is 32.1 Å². The lowest BCUT2D eigenvalue weighted by molar-refractivity contribution is 0.419. The average molecular weight is 215 g/mol. The minimum absolute atomic E-state index is 0.854. The monoisotopic (exact) mass is 214 g/mol. The van der Waals surface area contributed by atoms with E-state index in [4.69, 9.17) is 0 Å². The van der Waals surface area contributed by atoms with E-state index in [0.29, 0.717) is 0 Å². The van der Waals surface area contributed by atoms with Gasteiger partial charge in [0.25, 0.3) is 0 Å². The number of hydrogen-bond donors (Lipinski definition) is 0. The molecule has 1 heteroatoms. The normalized spacial score (nSPS) is 21.9. The SMILES string of the molecule is Br/C=C\C=C\C1CCCCC1. The summed E-state index contributed by atoms with van der Waals surface area (Å²) < 4.78 is 0. The number of hydrogen-bond acceptors (Lipinski definition) is 0. The summed E-state index contributed by atoms with van der Waals surface area (Å²) in [6.45, 7) is 0. The second-order valence-electron chi connectivity index (χ2n) is 3.10. The van der Waals surface area contributed by atoms with Crippen molar-refractivity contribution in [2.75, 3.05) is 0 Å². The van der Waals surface area contributed by atoms with Crippen LogP contribution in [0.15, 0.2) is 23.2 Å². The molecule has 1 aliphatic carbocycles. The maximum absolute atomic E-state index is 3.24. The number of allylic oxidation sites excluding steroid dienone is 3. The van der Waals surface area contributed by atoms with E-state index in [1.54, 1.807) is 0 Å². The molecule has 0 aromatic carbocycles. The molecule has 0 aromatic rings. The van der Waals surface area contributed by atoms with E-state index in [9.17, 15) is 0 Å². The zero-order valence-electron chi connectivity index (χ0n) is 6.80. The van der Waals surface area contributed by atoms with Gasteiger partial charge in [-0.1, -0.05) is 53.4 Å². The lowest BCUT2D eigenvalue weighted by atomic mass is 9.89. The maximum atomic E-state index is 3.24. The van der Waals surface area contributed by atoms with Crippen LogP contribution in [0.25, 0.3) is 0 Å². The van der Waals surface area contributed by atoms with Crippen molar-refractivity contribution < 1.29 is 0 Å². The largest absolute Gasteiger partial charge is 0.0814 e. The van der Waals surface area contributed by atoms with Crippen molar-refractivity contribution >= 4 is 15.9 Å². The molecule has 11 heavy (non-hydrogen) atoms.